The molecule has 0 fully saturated rings. The maximum absolute atomic E-state index is 12.6. The van der Waals surface area contributed by atoms with Crippen LogP contribution in [0.2, 0.25) is 0 Å². The first-order valence-corrected chi connectivity index (χ1v) is 9.20. The third kappa shape index (κ3) is 4.11. The number of fused-ring (bicyclic) bond motifs is 1. The molecule has 0 radical (unpaired) electrons. The van der Waals surface area contributed by atoms with Gasteiger partial charge in [-0.3, -0.25) is 4.98 Å². The van der Waals surface area contributed by atoms with Crippen LogP contribution in [0.3, 0.4) is 0 Å². The Kier molecular flexibility index (Phi) is 5.15. The fourth-order valence-electron chi connectivity index (χ4n) is 3.16. The first-order valence-electron chi connectivity index (χ1n) is 9.20. The van der Waals surface area contributed by atoms with Crippen molar-refractivity contribution in [3.63, 3.8) is 0 Å². The summed E-state index contributed by atoms with van der Waals surface area (Å²) in [7, 11) is 0. The van der Waals surface area contributed by atoms with Gasteiger partial charge in [-0.05, 0) is 53.6 Å². The summed E-state index contributed by atoms with van der Waals surface area (Å²) in [6.45, 7) is 0. The zero-order valence-electron chi connectivity index (χ0n) is 16.0. The van der Waals surface area contributed by atoms with Crippen LogP contribution in [0.4, 0.5) is 0 Å². The molecule has 0 aliphatic rings. The number of esters is 1. The van der Waals surface area contributed by atoms with E-state index >= 15 is 0 Å². The SMILES string of the molecule is O=C(O)c1cc(C(=O)O)cc(-c2ccc(C(=O)Oc3cccc4cccnc34)cc2)c1. The highest BCUT2D eigenvalue weighted by Gasteiger charge is 2.14. The molecule has 4 rings (SSSR count). The standard InChI is InChI=1S/C24H15NO6/c26-22(27)18-11-17(12-19(13-18)23(28)29)14-6-8-16(9-7-14)24(30)31-20-5-1-3-15-4-2-10-25-21(15)20/h1-13H,(H,26,27)(H,28,29). The van der Waals surface area contributed by atoms with Crippen molar-refractivity contribution in [2.24, 2.45) is 0 Å². The normalized spacial score (nSPS) is 10.6. The first kappa shape index (κ1) is 19.8. The minimum absolute atomic E-state index is 0.137. The molecule has 7 heteroatoms. The molecule has 2 N–H and O–H groups in total. The minimum Gasteiger partial charge on any atom is -0.478 e. The monoisotopic (exact) mass is 413 g/mol. The molecular weight excluding hydrogens is 398 g/mol. The van der Waals surface area contributed by atoms with E-state index in [-0.39, 0.29) is 16.7 Å². The zero-order chi connectivity index (χ0) is 22.0. The predicted octanol–water partition coefficient (Wildman–Crippen LogP) is 4.52. The molecule has 0 spiro atoms. The van der Waals surface area contributed by atoms with Gasteiger partial charge in [0.15, 0.2) is 5.75 Å². The smallest absolute Gasteiger partial charge is 0.343 e. The number of carbonyl (C=O) groups excluding carboxylic acids is 1. The maximum atomic E-state index is 12.6. The van der Waals surface area contributed by atoms with Crippen LogP contribution in [0.1, 0.15) is 31.1 Å². The van der Waals surface area contributed by atoms with Crippen LogP contribution in [0.5, 0.6) is 5.75 Å². The summed E-state index contributed by atoms with van der Waals surface area (Å²) in [5.41, 5.74) is 1.55. The average Bonchev–Trinajstić information content (AvgIpc) is 2.79. The highest BCUT2D eigenvalue weighted by atomic mass is 16.5. The first-order chi connectivity index (χ1) is 14.9. The molecule has 0 aliphatic carbocycles. The molecule has 1 aromatic heterocycles. The second-order valence-electron chi connectivity index (χ2n) is 6.71. The van der Waals surface area contributed by atoms with Gasteiger partial charge in [-0.15, -0.1) is 0 Å². The summed E-state index contributed by atoms with van der Waals surface area (Å²) in [6.07, 6.45) is 1.62. The number of para-hydroxylation sites is 1. The topological polar surface area (TPSA) is 114 Å². The van der Waals surface area contributed by atoms with Crippen molar-refractivity contribution in [2.75, 3.05) is 0 Å². The van der Waals surface area contributed by atoms with E-state index < -0.39 is 17.9 Å². The highest BCUT2D eigenvalue weighted by Crippen LogP contribution is 2.26. The summed E-state index contributed by atoms with van der Waals surface area (Å²) in [6, 6.07) is 19.1. The van der Waals surface area contributed by atoms with Gasteiger partial charge in [0.05, 0.1) is 16.7 Å². The fourth-order valence-corrected chi connectivity index (χ4v) is 3.16. The van der Waals surface area contributed by atoms with Crippen molar-refractivity contribution in [3.05, 3.63) is 95.7 Å². The number of aromatic nitrogens is 1. The van der Waals surface area contributed by atoms with Crippen LogP contribution >= 0.6 is 0 Å². The molecule has 4 aromatic rings. The Hall–Kier alpha value is -4.52. The molecule has 3 aromatic carbocycles. The Morgan fingerprint density at radius 1 is 0.710 bits per heavy atom. The van der Waals surface area contributed by atoms with E-state index in [1.165, 1.54) is 24.3 Å². The number of ether oxygens (including phenoxy) is 1. The van der Waals surface area contributed by atoms with E-state index in [9.17, 15) is 24.6 Å². The molecule has 0 aliphatic heterocycles. The van der Waals surface area contributed by atoms with Gasteiger partial charge in [0.25, 0.3) is 0 Å². The molecule has 0 amide bonds. The van der Waals surface area contributed by atoms with Crippen molar-refractivity contribution >= 4 is 28.8 Å². The number of nitrogens with zero attached hydrogens (tertiary/aromatic N) is 1. The van der Waals surface area contributed by atoms with Gasteiger partial charge in [-0.1, -0.05) is 30.3 Å². The molecule has 31 heavy (non-hydrogen) atoms. The van der Waals surface area contributed by atoms with E-state index in [1.54, 1.807) is 36.5 Å². The number of hydrogen-bond acceptors (Lipinski definition) is 5. The largest absolute Gasteiger partial charge is 0.478 e. The van der Waals surface area contributed by atoms with Crippen LogP contribution in [0, 0.1) is 0 Å². The van der Waals surface area contributed by atoms with E-state index in [0.29, 0.717) is 22.4 Å². The lowest BCUT2D eigenvalue weighted by molar-refractivity contribution is 0.0693. The average molecular weight is 413 g/mol. The number of carboxylic acids is 2. The molecular formula is C24H15NO6. The summed E-state index contributed by atoms with van der Waals surface area (Å²) >= 11 is 0. The number of pyridine rings is 1. The number of carboxylic acid groups (broad SMARTS) is 2. The zero-order valence-corrected chi connectivity index (χ0v) is 16.0. The third-order valence-corrected chi connectivity index (χ3v) is 4.68. The van der Waals surface area contributed by atoms with E-state index in [1.807, 2.05) is 12.1 Å². The second-order valence-corrected chi connectivity index (χ2v) is 6.71. The van der Waals surface area contributed by atoms with Gasteiger partial charge in [0.2, 0.25) is 0 Å². The third-order valence-electron chi connectivity index (χ3n) is 4.68. The van der Waals surface area contributed by atoms with E-state index in [0.717, 1.165) is 11.5 Å². The Balaban J connectivity index is 1.62. The minimum atomic E-state index is -1.23. The summed E-state index contributed by atoms with van der Waals surface area (Å²) in [5, 5.41) is 19.3. The Morgan fingerprint density at radius 2 is 1.35 bits per heavy atom. The summed E-state index contributed by atoms with van der Waals surface area (Å²) in [5.74, 6) is -2.69. The molecule has 1 heterocycles. The lowest BCUT2D eigenvalue weighted by Gasteiger charge is -2.09. The van der Waals surface area contributed by atoms with E-state index in [2.05, 4.69) is 4.98 Å². The molecule has 7 nitrogen and oxygen atoms in total. The maximum Gasteiger partial charge on any atom is 0.343 e. The van der Waals surface area contributed by atoms with Crippen molar-refractivity contribution < 1.29 is 29.3 Å². The van der Waals surface area contributed by atoms with Crippen LogP contribution in [-0.4, -0.2) is 33.1 Å². The van der Waals surface area contributed by atoms with Crippen LogP contribution in [-0.2, 0) is 0 Å². The summed E-state index contributed by atoms with van der Waals surface area (Å²) < 4.78 is 5.50. The van der Waals surface area contributed by atoms with Crippen LogP contribution in [0.15, 0.2) is 79.0 Å². The van der Waals surface area contributed by atoms with Gasteiger partial charge in [0, 0.05) is 11.6 Å². The number of rotatable bonds is 5. The van der Waals surface area contributed by atoms with Gasteiger partial charge in [-0.25, -0.2) is 14.4 Å². The lowest BCUT2D eigenvalue weighted by atomic mass is 9.99. The van der Waals surface area contributed by atoms with Gasteiger partial charge >= 0.3 is 17.9 Å². The molecule has 0 unspecified atom stereocenters. The number of benzene rings is 3. The highest BCUT2D eigenvalue weighted by molar-refractivity contribution is 5.97. The van der Waals surface area contributed by atoms with Gasteiger partial charge in [-0.2, -0.15) is 0 Å². The Morgan fingerprint density at radius 3 is 2.00 bits per heavy atom. The van der Waals surface area contributed by atoms with Crippen molar-refractivity contribution in [1.82, 2.24) is 4.98 Å². The second kappa shape index (κ2) is 8.08. The van der Waals surface area contributed by atoms with E-state index in [4.69, 9.17) is 4.74 Å². The van der Waals surface area contributed by atoms with Crippen molar-refractivity contribution in [1.29, 1.82) is 0 Å². The molecule has 0 atom stereocenters. The molecule has 152 valence electrons. The number of aromatic carboxylic acids is 2. The van der Waals surface area contributed by atoms with Crippen LogP contribution in [0.25, 0.3) is 22.0 Å². The van der Waals surface area contributed by atoms with Crippen LogP contribution < -0.4 is 4.74 Å². The predicted molar refractivity (Wildman–Crippen MR) is 112 cm³/mol. The fraction of sp³-hybridized carbons (Fsp3) is 0. The Bertz CT molecular complexity index is 1290. The summed E-state index contributed by atoms with van der Waals surface area (Å²) in [4.78, 5) is 39.5. The van der Waals surface area contributed by atoms with Crippen molar-refractivity contribution in [3.8, 4) is 16.9 Å². The quantitative estimate of drug-likeness (QED) is 0.365. The Labute approximate surface area is 176 Å². The lowest BCUT2D eigenvalue weighted by Crippen LogP contribution is -2.09. The molecule has 0 saturated carbocycles. The van der Waals surface area contributed by atoms with Gasteiger partial charge < -0.3 is 14.9 Å². The molecule has 0 bridgehead atoms. The van der Waals surface area contributed by atoms with Gasteiger partial charge in [0.1, 0.15) is 5.52 Å². The van der Waals surface area contributed by atoms with Crippen molar-refractivity contribution in [2.45, 2.75) is 0 Å². The molecule has 0 saturated heterocycles. The number of carbonyl (C=O) groups is 3. The number of hydrogen-bond donors (Lipinski definition) is 2.